The first kappa shape index (κ1) is 19.4. The smallest absolute Gasteiger partial charge is 0.182 e. The number of allylic oxidation sites excluding steroid dienone is 3. The number of likely N-dealkylation sites (tertiary alicyclic amines) is 1. The van der Waals surface area contributed by atoms with E-state index in [2.05, 4.69) is 22.5 Å². The molecule has 0 spiro atoms. The number of ketones is 1. The number of piperidine rings is 1. The highest BCUT2D eigenvalue weighted by Crippen LogP contribution is 2.31. The molecule has 1 aliphatic heterocycles. The number of aromatic nitrogens is 2. The van der Waals surface area contributed by atoms with Crippen LogP contribution >= 0.6 is 0 Å². The van der Waals surface area contributed by atoms with Crippen molar-refractivity contribution in [3.8, 4) is 0 Å². The molecule has 1 aliphatic carbocycles. The van der Waals surface area contributed by atoms with Gasteiger partial charge in [-0.1, -0.05) is 6.07 Å². The number of pyridine rings is 1. The van der Waals surface area contributed by atoms with E-state index in [1.807, 2.05) is 24.4 Å². The summed E-state index contributed by atoms with van der Waals surface area (Å²) in [6.07, 6.45) is 11.1. The Labute approximate surface area is 170 Å². The number of hydrogen-bond acceptors (Lipinski definition) is 5. The molecular weight excluding hydrogens is 366 g/mol. The second kappa shape index (κ2) is 8.21. The van der Waals surface area contributed by atoms with Gasteiger partial charge in [0.15, 0.2) is 11.6 Å². The van der Waals surface area contributed by atoms with Crippen LogP contribution in [0.2, 0.25) is 0 Å². The maximum absolute atomic E-state index is 11.4. The van der Waals surface area contributed by atoms with E-state index in [-0.39, 0.29) is 11.5 Å². The fraction of sp³-hybridized carbons (Fsp3) is 0.409. The lowest BCUT2D eigenvalue weighted by Gasteiger charge is -2.37. The first-order chi connectivity index (χ1) is 14.0. The number of fused-ring (bicyclic) bond motifs is 1. The maximum atomic E-state index is 11.4. The lowest BCUT2D eigenvalue weighted by molar-refractivity contribution is -0.914. The summed E-state index contributed by atoms with van der Waals surface area (Å²) in [6.45, 7) is 4.50. The van der Waals surface area contributed by atoms with Gasteiger partial charge in [-0.05, 0) is 43.5 Å². The Morgan fingerprint density at radius 2 is 2.07 bits per heavy atom. The molecule has 29 heavy (non-hydrogen) atoms. The molecule has 0 radical (unpaired) electrons. The highest BCUT2D eigenvalue weighted by Gasteiger charge is 2.24. The summed E-state index contributed by atoms with van der Waals surface area (Å²) in [6, 6.07) is 5.79. The van der Waals surface area contributed by atoms with Crippen molar-refractivity contribution in [2.45, 2.75) is 25.7 Å². The van der Waals surface area contributed by atoms with Crippen molar-refractivity contribution in [1.29, 1.82) is 0 Å². The lowest BCUT2D eigenvalue weighted by atomic mass is 10.1. The minimum atomic E-state index is -0.242. The summed E-state index contributed by atoms with van der Waals surface area (Å²) in [5, 5.41) is 18.1. The Morgan fingerprint density at radius 3 is 2.86 bits per heavy atom. The molecule has 0 atom stereocenters. The molecule has 0 unspecified atom stereocenters. The molecule has 2 aliphatic rings. The summed E-state index contributed by atoms with van der Waals surface area (Å²) in [5.74, 6) is 0.318. The molecule has 3 heterocycles. The van der Waals surface area contributed by atoms with Crippen molar-refractivity contribution >= 4 is 28.5 Å². The van der Waals surface area contributed by atoms with E-state index in [1.165, 1.54) is 50.6 Å². The van der Waals surface area contributed by atoms with E-state index in [9.17, 15) is 9.90 Å². The van der Waals surface area contributed by atoms with Crippen molar-refractivity contribution in [2.24, 2.45) is 4.99 Å². The van der Waals surface area contributed by atoms with Crippen LogP contribution in [0.5, 0.6) is 0 Å². The Kier molecular flexibility index (Phi) is 5.49. The monoisotopic (exact) mass is 394 g/mol. The summed E-state index contributed by atoms with van der Waals surface area (Å²) in [7, 11) is 2.35. The number of aliphatic hydroxyl groups is 1. The number of carbonyl (C=O) groups excluding carboxylic acids is 1. The zero-order valence-corrected chi connectivity index (χ0v) is 16.8. The number of anilines is 1. The van der Waals surface area contributed by atoms with Crippen LogP contribution in [0.15, 0.2) is 53.4 Å². The molecule has 152 valence electrons. The third-order valence-electron chi connectivity index (χ3n) is 5.76. The van der Waals surface area contributed by atoms with E-state index in [1.54, 1.807) is 4.52 Å². The average Bonchev–Trinajstić information content (AvgIpc) is 3.05. The highest BCUT2D eigenvalue weighted by molar-refractivity contribution is 6.19. The van der Waals surface area contributed by atoms with Gasteiger partial charge in [0.05, 0.1) is 32.2 Å². The second-order valence-corrected chi connectivity index (χ2v) is 8.12. The van der Waals surface area contributed by atoms with E-state index in [0.29, 0.717) is 17.2 Å². The summed E-state index contributed by atoms with van der Waals surface area (Å²) < 4.78 is 2.93. The number of quaternary nitrogens is 1. The lowest BCUT2D eigenvalue weighted by Crippen LogP contribution is -2.48. The summed E-state index contributed by atoms with van der Waals surface area (Å²) >= 11 is 0. The quantitative estimate of drug-likeness (QED) is 0.447. The van der Waals surface area contributed by atoms with Crippen molar-refractivity contribution < 1.29 is 14.4 Å². The Balaban J connectivity index is 1.52. The van der Waals surface area contributed by atoms with Crippen LogP contribution in [0.3, 0.4) is 0 Å². The van der Waals surface area contributed by atoms with Gasteiger partial charge in [0.2, 0.25) is 0 Å². The molecule has 0 bridgehead atoms. The normalized spacial score (nSPS) is 20.2. The first-order valence-electron chi connectivity index (χ1n) is 10.3. The molecular formula is C22H28N5O2+. The van der Waals surface area contributed by atoms with Gasteiger partial charge >= 0.3 is 0 Å². The number of rotatable bonds is 6. The predicted molar refractivity (Wildman–Crippen MR) is 115 cm³/mol. The minimum Gasteiger partial charge on any atom is -0.506 e. The minimum absolute atomic E-state index is 0.124. The fourth-order valence-corrected chi connectivity index (χ4v) is 4.10. The molecule has 0 aromatic carbocycles. The van der Waals surface area contributed by atoms with Gasteiger partial charge in [-0.15, -0.1) is 5.10 Å². The molecule has 2 aromatic rings. The number of carbonyl (C=O) groups is 1. The van der Waals surface area contributed by atoms with Gasteiger partial charge in [-0.2, -0.15) is 0 Å². The van der Waals surface area contributed by atoms with Crippen molar-refractivity contribution in [1.82, 2.24) is 9.61 Å². The van der Waals surface area contributed by atoms with Crippen LogP contribution in [-0.2, 0) is 4.79 Å². The SMILES string of the molecule is C[N+]1(CCCNc2nn3ccccc3c2N=C2C=CC(=O)C=C2O)CCCCC1. The van der Waals surface area contributed by atoms with Crippen molar-refractivity contribution in [2.75, 3.05) is 38.5 Å². The van der Waals surface area contributed by atoms with Crippen LogP contribution in [-0.4, -0.2) is 63.9 Å². The predicted octanol–water partition coefficient (Wildman–Crippen LogP) is 3.42. The van der Waals surface area contributed by atoms with Gasteiger partial charge in [0, 0.05) is 25.2 Å². The summed E-state index contributed by atoms with van der Waals surface area (Å²) in [4.78, 5) is 16.0. The Morgan fingerprint density at radius 1 is 1.24 bits per heavy atom. The topological polar surface area (TPSA) is 79.0 Å². The number of nitrogens with zero attached hydrogens (tertiary/aromatic N) is 4. The Hall–Kier alpha value is -2.93. The third-order valence-corrected chi connectivity index (χ3v) is 5.76. The largest absolute Gasteiger partial charge is 0.506 e. The summed E-state index contributed by atoms with van der Waals surface area (Å²) in [5.41, 5.74) is 1.87. The number of aliphatic imine (C=N–C) groups is 1. The molecule has 4 rings (SSSR count). The van der Waals surface area contributed by atoms with Crippen LogP contribution < -0.4 is 5.32 Å². The molecule has 2 N–H and O–H groups in total. The van der Waals surface area contributed by atoms with E-state index >= 15 is 0 Å². The number of nitrogens with one attached hydrogen (secondary N) is 1. The van der Waals surface area contributed by atoms with Gasteiger partial charge in [0.1, 0.15) is 17.2 Å². The number of hydrogen-bond donors (Lipinski definition) is 2. The standard InChI is InChI=1S/C22H27N5O2/c1-27(13-5-2-6-14-27)15-7-11-23-22-21(19-8-3-4-12-26(19)25-22)24-18-10-9-17(28)16-20(18)29/h3-4,8-10,12,16H,2,5-7,11,13-15H2,1H3,(H-,23,25,28,29)/p+1. The van der Waals surface area contributed by atoms with Gasteiger partial charge < -0.3 is 14.9 Å². The van der Waals surface area contributed by atoms with Gasteiger partial charge in [-0.25, -0.2) is 9.51 Å². The highest BCUT2D eigenvalue weighted by atomic mass is 16.3. The molecule has 7 heteroatoms. The van der Waals surface area contributed by atoms with Crippen LogP contribution in [0.25, 0.3) is 5.52 Å². The van der Waals surface area contributed by atoms with Crippen LogP contribution in [0.4, 0.5) is 11.5 Å². The fourth-order valence-electron chi connectivity index (χ4n) is 4.10. The van der Waals surface area contributed by atoms with Crippen molar-refractivity contribution in [3.63, 3.8) is 0 Å². The maximum Gasteiger partial charge on any atom is 0.182 e. The Bertz CT molecular complexity index is 996. The van der Waals surface area contributed by atoms with Crippen LogP contribution in [0, 0.1) is 0 Å². The molecule has 2 aromatic heterocycles. The van der Waals surface area contributed by atoms with Gasteiger partial charge in [-0.3, -0.25) is 4.79 Å². The van der Waals surface area contributed by atoms with Crippen molar-refractivity contribution in [3.05, 3.63) is 48.4 Å². The van der Waals surface area contributed by atoms with Gasteiger partial charge in [0.25, 0.3) is 0 Å². The van der Waals surface area contributed by atoms with E-state index in [0.717, 1.165) is 29.5 Å². The molecule has 1 fully saturated rings. The zero-order chi connectivity index (χ0) is 20.3. The average molecular weight is 394 g/mol. The first-order valence-corrected chi connectivity index (χ1v) is 10.3. The molecule has 0 amide bonds. The molecule has 1 saturated heterocycles. The van der Waals surface area contributed by atoms with E-state index < -0.39 is 0 Å². The number of aliphatic hydroxyl groups excluding tert-OH is 1. The second-order valence-electron chi connectivity index (χ2n) is 8.12. The van der Waals surface area contributed by atoms with Crippen LogP contribution in [0.1, 0.15) is 25.7 Å². The van der Waals surface area contributed by atoms with E-state index in [4.69, 9.17) is 0 Å². The molecule has 0 saturated carbocycles. The third kappa shape index (κ3) is 4.40. The molecule has 7 nitrogen and oxygen atoms in total. The zero-order valence-electron chi connectivity index (χ0n) is 16.8.